The van der Waals surface area contributed by atoms with Crippen LogP contribution in [0.25, 0.3) is 0 Å². The third-order valence-electron chi connectivity index (χ3n) is 3.09. The zero-order chi connectivity index (χ0) is 11.5. The maximum absolute atomic E-state index is 13.7. The normalized spacial score (nSPS) is 34.2. The number of rotatable bonds is 3. The minimum Gasteiger partial charge on any atom is -0.387 e. The molecule has 1 saturated heterocycles. The van der Waals surface area contributed by atoms with Crippen molar-refractivity contribution in [1.29, 1.82) is 0 Å². The average Bonchev–Trinajstić information content (AvgIpc) is 2.58. The standard InChI is InChI=1S/C13H17FO2/c1-2-10-13(15)12(14)11(16-10)8-9-6-4-3-5-7-9/h3-7,10-13,15H,2,8H2,1H3/t10-,11+,12-,13?/m1/s1. The first kappa shape index (κ1) is 11.6. The van der Waals surface area contributed by atoms with Crippen LogP contribution in [0, 0.1) is 0 Å². The predicted octanol–water partition coefficient (Wildman–Crippen LogP) is 2.11. The van der Waals surface area contributed by atoms with Gasteiger partial charge in [-0.3, -0.25) is 0 Å². The second-order valence-corrected chi connectivity index (χ2v) is 4.25. The lowest BCUT2D eigenvalue weighted by molar-refractivity contribution is 0.00853. The van der Waals surface area contributed by atoms with Gasteiger partial charge in [0, 0.05) is 6.42 Å². The van der Waals surface area contributed by atoms with E-state index in [0.717, 1.165) is 5.56 Å². The van der Waals surface area contributed by atoms with Gasteiger partial charge in [0.2, 0.25) is 0 Å². The third-order valence-corrected chi connectivity index (χ3v) is 3.09. The van der Waals surface area contributed by atoms with Gasteiger partial charge in [-0.1, -0.05) is 37.3 Å². The number of alkyl halides is 1. The summed E-state index contributed by atoms with van der Waals surface area (Å²) in [6.07, 6.45) is -1.95. The van der Waals surface area contributed by atoms with Crippen LogP contribution in [0.4, 0.5) is 4.39 Å². The smallest absolute Gasteiger partial charge is 0.155 e. The van der Waals surface area contributed by atoms with Gasteiger partial charge in [-0.05, 0) is 12.0 Å². The van der Waals surface area contributed by atoms with Crippen molar-refractivity contribution in [3.05, 3.63) is 35.9 Å². The molecular formula is C13H17FO2. The molecule has 3 heteroatoms. The first-order valence-corrected chi connectivity index (χ1v) is 5.74. The largest absolute Gasteiger partial charge is 0.387 e. The molecule has 1 N–H and O–H groups in total. The van der Waals surface area contributed by atoms with E-state index in [1.165, 1.54) is 0 Å². The van der Waals surface area contributed by atoms with Crippen LogP contribution in [0.1, 0.15) is 18.9 Å². The van der Waals surface area contributed by atoms with Crippen LogP contribution in [-0.2, 0) is 11.2 Å². The van der Waals surface area contributed by atoms with Crippen molar-refractivity contribution in [3.63, 3.8) is 0 Å². The van der Waals surface area contributed by atoms with Gasteiger partial charge in [-0.25, -0.2) is 4.39 Å². The molecule has 4 atom stereocenters. The van der Waals surface area contributed by atoms with Crippen LogP contribution in [0.3, 0.4) is 0 Å². The summed E-state index contributed by atoms with van der Waals surface area (Å²) in [6.45, 7) is 1.89. The van der Waals surface area contributed by atoms with Gasteiger partial charge in [-0.2, -0.15) is 0 Å². The summed E-state index contributed by atoms with van der Waals surface area (Å²) >= 11 is 0. The zero-order valence-electron chi connectivity index (χ0n) is 9.34. The molecule has 0 aromatic heterocycles. The van der Waals surface area contributed by atoms with Crippen molar-refractivity contribution in [2.75, 3.05) is 0 Å². The minimum absolute atomic E-state index is 0.358. The Morgan fingerprint density at radius 1 is 1.25 bits per heavy atom. The number of benzene rings is 1. The topological polar surface area (TPSA) is 29.5 Å². The minimum atomic E-state index is -1.27. The Kier molecular flexibility index (Phi) is 3.56. The predicted molar refractivity (Wildman–Crippen MR) is 60.0 cm³/mol. The molecule has 1 aromatic rings. The molecule has 1 unspecified atom stereocenters. The van der Waals surface area contributed by atoms with Crippen LogP contribution in [0.15, 0.2) is 30.3 Å². The fourth-order valence-corrected chi connectivity index (χ4v) is 2.15. The molecule has 1 aliphatic rings. The van der Waals surface area contributed by atoms with E-state index in [1.807, 2.05) is 37.3 Å². The van der Waals surface area contributed by atoms with Crippen LogP contribution in [0.5, 0.6) is 0 Å². The number of hydrogen-bond acceptors (Lipinski definition) is 2. The fourth-order valence-electron chi connectivity index (χ4n) is 2.15. The van der Waals surface area contributed by atoms with Crippen molar-refractivity contribution in [3.8, 4) is 0 Å². The molecule has 16 heavy (non-hydrogen) atoms. The maximum Gasteiger partial charge on any atom is 0.155 e. The summed E-state index contributed by atoms with van der Waals surface area (Å²) in [5.41, 5.74) is 1.04. The SMILES string of the molecule is CC[C@H]1O[C@@H](Cc2ccccc2)[C@@H](F)C1O. The number of ether oxygens (including phenoxy) is 1. The molecule has 1 aromatic carbocycles. The van der Waals surface area contributed by atoms with E-state index < -0.39 is 18.4 Å². The van der Waals surface area contributed by atoms with Crippen molar-refractivity contribution in [2.45, 2.75) is 44.2 Å². The number of hydrogen-bond donors (Lipinski definition) is 1. The van der Waals surface area contributed by atoms with Gasteiger partial charge in [0.05, 0.1) is 12.2 Å². The molecule has 0 radical (unpaired) electrons. The molecule has 0 amide bonds. The van der Waals surface area contributed by atoms with E-state index in [2.05, 4.69) is 0 Å². The summed E-state index contributed by atoms with van der Waals surface area (Å²) in [6, 6.07) is 9.66. The molecule has 2 rings (SSSR count). The Hall–Kier alpha value is -0.930. The molecule has 1 aliphatic heterocycles. The van der Waals surface area contributed by atoms with Gasteiger partial charge < -0.3 is 9.84 Å². The first-order chi connectivity index (χ1) is 7.72. The van der Waals surface area contributed by atoms with Gasteiger partial charge in [0.25, 0.3) is 0 Å². The van der Waals surface area contributed by atoms with E-state index in [0.29, 0.717) is 12.8 Å². The Morgan fingerprint density at radius 2 is 1.94 bits per heavy atom. The lowest BCUT2D eigenvalue weighted by Crippen LogP contribution is -2.29. The molecule has 0 spiro atoms. The summed E-state index contributed by atoms with van der Waals surface area (Å²) in [7, 11) is 0. The molecule has 1 fully saturated rings. The summed E-state index contributed by atoms with van der Waals surface area (Å²) in [5.74, 6) is 0. The number of aliphatic hydroxyl groups excluding tert-OH is 1. The quantitative estimate of drug-likeness (QED) is 0.852. The fraction of sp³-hybridized carbons (Fsp3) is 0.538. The second kappa shape index (κ2) is 4.93. The Morgan fingerprint density at radius 3 is 2.50 bits per heavy atom. The van der Waals surface area contributed by atoms with Gasteiger partial charge in [0.1, 0.15) is 6.10 Å². The van der Waals surface area contributed by atoms with E-state index in [9.17, 15) is 9.50 Å². The zero-order valence-corrected chi connectivity index (χ0v) is 9.34. The molecule has 88 valence electrons. The van der Waals surface area contributed by atoms with Crippen molar-refractivity contribution in [2.24, 2.45) is 0 Å². The molecule has 0 saturated carbocycles. The van der Waals surface area contributed by atoms with Gasteiger partial charge in [0.15, 0.2) is 6.17 Å². The molecule has 1 heterocycles. The monoisotopic (exact) mass is 224 g/mol. The summed E-state index contributed by atoms with van der Waals surface area (Å²) < 4.78 is 19.2. The highest BCUT2D eigenvalue weighted by molar-refractivity contribution is 5.16. The molecular weight excluding hydrogens is 207 g/mol. The molecule has 2 nitrogen and oxygen atoms in total. The second-order valence-electron chi connectivity index (χ2n) is 4.25. The van der Waals surface area contributed by atoms with Crippen molar-refractivity contribution < 1.29 is 14.2 Å². The van der Waals surface area contributed by atoms with Crippen molar-refractivity contribution >= 4 is 0 Å². The first-order valence-electron chi connectivity index (χ1n) is 5.74. The molecule has 0 aliphatic carbocycles. The van der Waals surface area contributed by atoms with Crippen LogP contribution in [-0.4, -0.2) is 29.6 Å². The van der Waals surface area contributed by atoms with Gasteiger partial charge >= 0.3 is 0 Å². The Balaban J connectivity index is 2.01. The Labute approximate surface area is 95.1 Å². The van der Waals surface area contributed by atoms with Crippen LogP contribution >= 0.6 is 0 Å². The third kappa shape index (κ3) is 2.25. The van der Waals surface area contributed by atoms with E-state index in [4.69, 9.17) is 4.74 Å². The van der Waals surface area contributed by atoms with E-state index in [-0.39, 0.29) is 6.10 Å². The lowest BCUT2D eigenvalue weighted by Gasteiger charge is -2.12. The molecule has 0 bridgehead atoms. The van der Waals surface area contributed by atoms with Gasteiger partial charge in [-0.15, -0.1) is 0 Å². The van der Waals surface area contributed by atoms with Crippen LogP contribution in [0.2, 0.25) is 0 Å². The maximum atomic E-state index is 13.7. The average molecular weight is 224 g/mol. The highest BCUT2D eigenvalue weighted by Crippen LogP contribution is 2.28. The number of aliphatic hydroxyl groups is 1. The lowest BCUT2D eigenvalue weighted by atomic mass is 10.0. The van der Waals surface area contributed by atoms with Crippen LogP contribution < -0.4 is 0 Å². The van der Waals surface area contributed by atoms with Crippen molar-refractivity contribution in [1.82, 2.24) is 0 Å². The highest BCUT2D eigenvalue weighted by atomic mass is 19.1. The van der Waals surface area contributed by atoms with E-state index in [1.54, 1.807) is 0 Å². The summed E-state index contributed by atoms with van der Waals surface area (Å²) in [4.78, 5) is 0. The summed E-state index contributed by atoms with van der Waals surface area (Å²) in [5, 5.41) is 9.61. The number of halogens is 1. The van der Waals surface area contributed by atoms with E-state index >= 15 is 0 Å². The highest BCUT2D eigenvalue weighted by Gasteiger charge is 2.42. The Bertz CT molecular complexity index is 328.